The molecule has 1 saturated heterocycles. The van der Waals surface area contributed by atoms with Crippen molar-refractivity contribution in [3.05, 3.63) is 70.3 Å². The monoisotopic (exact) mass is 352 g/mol. The summed E-state index contributed by atoms with van der Waals surface area (Å²) in [4.78, 5) is 36.2. The van der Waals surface area contributed by atoms with E-state index in [4.69, 9.17) is 0 Å². The van der Waals surface area contributed by atoms with E-state index < -0.39 is 10.8 Å². The van der Waals surface area contributed by atoms with E-state index in [0.717, 1.165) is 5.69 Å². The summed E-state index contributed by atoms with van der Waals surface area (Å²) in [5.74, 6) is -0.970. The summed E-state index contributed by atoms with van der Waals surface area (Å²) in [5, 5.41) is 14.6. The topological polar surface area (TPSA) is 105 Å². The lowest BCUT2D eigenvalue weighted by Gasteiger charge is -2.16. The molecule has 8 nitrogen and oxygen atoms in total. The van der Waals surface area contributed by atoms with Gasteiger partial charge in [-0.05, 0) is 12.1 Å². The number of para-hydroxylation sites is 1. The Morgan fingerprint density at radius 1 is 1.23 bits per heavy atom. The van der Waals surface area contributed by atoms with Gasteiger partial charge in [-0.25, -0.2) is 5.43 Å². The largest absolute Gasteiger partial charge is 0.312 e. The maximum atomic E-state index is 12.2. The Hall–Kier alpha value is -3.55. The number of nitro groups is 1. The summed E-state index contributed by atoms with van der Waals surface area (Å²) in [5.41, 5.74) is 3.59. The van der Waals surface area contributed by atoms with Crippen LogP contribution in [0.25, 0.3) is 0 Å². The predicted molar refractivity (Wildman–Crippen MR) is 95.7 cm³/mol. The van der Waals surface area contributed by atoms with Crippen LogP contribution in [-0.4, -0.2) is 29.5 Å². The number of nitrogens with one attached hydrogen (secondary N) is 1. The predicted octanol–water partition coefficient (Wildman–Crippen LogP) is 2.10. The van der Waals surface area contributed by atoms with Crippen molar-refractivity contribution in [1.29, 1.82) is 0 Å². The maximum absolute atomic E-state index is 12.2. The number of hydrogen-bond donors (Lipinski definition) is 1. The van der Waals surface area contributed by atoms with E-state index in [-0.39, 0.29) is 23.9 Å². The third-order valence-corrected chi connectivity index (χ3v) is 4.03. The number of hydrogen-bond acceptors (Lipinski definition) is 5. The van der Waals surface area contributed by atoms with Crippen molar-refractivity contribution in [3.8, 4) is 0 Å². The van der Waals surface area contributed by atoms with Gasteiger partial charge >= 0.3 is 0 Å². The molecule has 0 radical (unpaired) electrons. The number of anilines is 1. The zero-order valence-corrected chi connectivity index (χ0v) is 13.7. The highest BCUT2D eigenvalue weighted by atomic mass is 16.6. The van der Waals surface area contributed by atoms with E-state index in [2.05, 4.69) is 10.5 Å². The molecule has 26 heavy (non-hydrogen) atoms. The van der Waals surface area contributed by atoms with Gasteiger partial charge in [-0.15, -0.1) is 0 Å². The number of carbonyl (C=O) groups is 2. The van der Waals surface area contributed by atoms with Gasteiger partial charge in [-0.2, -0.15) is 5.10 Å². The van der Waals surface area contributed by atoms with E-state index in [9.17, 15) is 19.7 Å². The molecule has 3 rings (SSSR count). The minimum atomic E-state index is -0.502. The molecular formula is C18H16N4O4. The van der Waals surface area contributed by atoms with Crippen molar-refractivity contribution in [3.63, 3.8) is 0 Å². The van der Waals surface area contributed by atoms with Gasteiger partial charge in [-0.3, -0.25) is 19.7 Å². The van der Waals surface area contributed by atoms with Gasteiger partial charge < -0.3 is 4.90 Å². The molecule has 2 aromatic rings. The molecular weight excluding hydrogens is 336 g/mol. The fourth-order valence-electron chi connectivity index (χ4n) is 2.72. The minimum absolute atomic E-state index is 0.0554. The van der Waals surface area contributed by atoms with Crippen molar-refractivity contribution in [2.75, 3.05) is 11.4 Å². The van der Waals surface area contributed by atoms with Crippen molar-refractivity contribution < 1.29 is 14.5 Å². The Bertz CT molecular complexity index is 867. The number of nitrogens with zero attached hydrogens (tertiary/aromatic N) is 3. The molecule has 0 spiro atoms. The summed E-state index contributed by atoms with van der Waals surface area (Å²) in [6.07, 6.45) is 1.45. The van der Waals surface area contributed by atoms with Gasteiger partial charge in [-0.1, -0.05) is 30.3 Å². The molecule has 0 aromatic heterocycles. The molecule has 0 bridgehead atoms. The number of non-ortho nitro benzene ring substituents is 1. The van der Waals surface area contributed by atoms with E-state index in [0.29, 0.717) is 12.1 Å². The lowest BCUT2D eigenvalue weighted by atomic mass is 10.1. The lowest BCUT2D eigenvalue weighted by molar-refractivity contribution is -0.384. The summed E-state index contributed by atoms with van der Waals surface area (Å²) >= 11 is 0. The maximum Gasteiger partial charge on any atom is 0.270 e. The lowest BCUT2D eigenvalue weighted by Crippen LogP contribution is -2.30. The fourth-order valence-corrected chi connectivity index (χ4v) is 2.72. The molecule has 2 amide bonds. The quantitative estimate of drug-likeness (QED) is 0.505. The third-order valence-electron chi connectivity index (χ3n) is 4.03. The first kappa shape index (κ1) is 17.3. The average molecular weight is 352 g/mol. The molecule has 2 aromatic carbocycles. The molecule has 0 unspecified atom stereocenters. The first-order valence-corrected chi connectivity index (χ1v) is 7.97. The number of amides is 2. The zero-order chi connectivity index (χ0) is 18.5. The number of nitro benzene ring substituents is 1. The molecule has 1 atom stereocenters. The van der Waals surface area contributed by atoms with Crippen LogP contribution < -0.4 is 10.3 Å². The molecule has 1 fully saturated rings. The van der Waals surface area contributed by atoms with E-state index in [1.807, 2.05) is 30.3 Å². The van der Waals surface area contributed by atoms with Gasteiger partial charge in [0.2, 0.25) is 11.8 Å². The molecule has 1 N–H and O–H groups in total. The number of hydrazone groups is 1. The van der Waals surface area contributed by atoms with Crippen molar-refractivity contribution in [2.24, 2.45) is 11.0 Å². The Labute approximate surface area is 149 Å². The van der Waals surface area contributed by atoms with Crippen LogP contribution in [0.1, 0.15) is 12.0 Å². The number of rotatable bonds is 5. The molecule has 8 heteroatoms. The van der Waals surface area contributed by atoms with Gasteiger partial charge in [0, 0.05) is 36.3 Å². The molecule has 1 aliphatic rings. The van der Waals surface area contributed by atoms with Gasteiger partial charge in [0.05, 0.1) is 17.1 Å². The van der Waals surface area contributed by atoms with Crippen molar-refractivity contribution in [2.45, 2.75) is 6.42 Å². The van der Waals surface area contributed by atoms with Crippen molar-refractivity contribution in [1.82, 2.24) is 5.43 Å². The highest BCUT2D eigenvalue weighted by molar-refractivity contribution is 6.00. The standard InChI is InChI=1S/C18H16N4O4/c23-17-10-14(12-21(17)15-6-2-1-3-7-15)18(24)20-19-11-13-5-4-8-16(9-13)22(25)26/h1-9,11,14H,10,12H2,(H,20,24)/b19-11-/t14-/m1/s1. The fraction of sp³-hybridized carbons (Fsp3) is 0.167. The van der Waals surface area contributed by atoms with Crippen LogP contribution in [0.3, 0.4) is 0 Å². The summed E-state index contributed by atoms with van der Waals surface area (Å²) in [6.45, 7) is 0.293. The van der Waals surface area contributed by atoms with E-state index >= 15 is 0 Å². The highest BCUT2D eigenvalue weighted by Gasteiger charge is 2.34. The summed E-state index contributed by atoms with van der Waals surface area (Å²) in [7, 11) is 0. The van der Waals surface area contributed by atoms with Gasteiger partial charge in [0.1, 0.15) is 0 Å². The Morgan fingerprint density at radius 2 is 2.00 bits per heavy atom. The summed E-state index contributed by atoms with van der Waals surface area (Å²) in [6, 6.07) is 15.1. The second-order valence-corrected chi connectivity index (χ2v) is 5.83. The summed E-state index contributed by atoms with van der Waals surface area (Å²) < 4.78 is 0. The average Bonchev–Trinajstić information content (AvgIpc) is 3.04. The van der Waals surface area contributed by atoms with Gasteiger partial charge in [0.15, 0.2) is 0 Å². The van der Waals surface area contributed by atoms with Crippen molar-refractivity contribution >= 4 is 29.4 Å². The molecule has 0 saturated carbocycles. The second kappa shape index (κ2) is 7.56. The number of benzene rings is 2. The highest BCUT2D eigenvalue weighted by Crippen LogP contribution is 2.24. The van der Waals surface area contributed by atoms with Crippen LogP contribution in [0.15, 0.2) is 59.7 Å². The molecule has 132 valence electrons. The minimum Gasteiger partial charge on any atom is -0.312 e. The number of carbonyl (C=O) groups excluding carboxylic acids is 2. The normalized spacial score (nSPS) is 16.8. The van der Waals surface area contributed by atoms with E-state index in [1.165, 1.54) is 24.4 Å². The first-order chi connectivity index (χ1) is 12.5. The Morgan fingerprint density at radius 3 is 2.73 bits per heavy atom. The SMILES string of the molecule is O=C(N/N=C\c1cccc([N+](=O)[O-])c1)[C@@H]1CC(=O)N(c2ccccc2)C1. The van der Waals surface area contributed by atoms with Crippen LogP contribution in [0.5, 0.6) is 0 Å². The smallest absolute Gasteiger partial charge is 0.270 e. The second-order valence-electron chi connectivity index (χ2n) is 5.83. The molecule has 0 aliphatic carbocycles. The Kier molecular flexibility index (Phi) is 5.02. The third kappa shape index (κ3) is 3.92. The van der Waals surface area contributed by atoms with Gasteiger partial charge in [0.25, 0.3) is 5.69 Å². The van der Waals surface area contributed by atoms with Crippen LogP contribution in [-0.2, 0) is 9.59 Å². The van der Waals surface area contributed by atoms with Crippen LogP contribution in [0.2, 0.25) is 0 Å². The van der Waals surface area contributed by atoms with Crippen LogP contribution >= 0.6 is 0 Å². The van der Waals surface area contributed by atoms with Crippen LogP contribution in [0, 0.1) is 16.0 Å². The molecule has 1 aliphatic heterocycles. The van der Waals surface area contributed by atoms with Crippen LogP contribution in [0.4, 0.5) is 11.4 Å². The Balaban J connectivity index is 1.60. The zero-order valence-electron chi connectivity index (χ0n) is 13.7. The van der Waals surface area contributed by atoms with E-state index in [1.54, 1.807) is 11.0 Å². The first-order valence-electron chi connectivity index (χ1n) is 7.97. The molecule has 1 heterocycles.